The first-order valence-corrected chi connectivity index (χ1v) is 14.3. The van der Waals surface area contributed by atoms with Gasteiger partial charge in [0.2, 0.25) is 0 Å². The summed E-state index contributed by atoms with van der Waals surface area (Å²) >= 11 is 0. The zero-order valence-corrected chi connectivity index (χ0v) is 23.7. The van der Waals surface area contributed by atoms with Crippen LogP contribution in [0.25, 0.3) is 22.8 Å². The van der Waals surface area contributed by atoms with E-state index in [1.807, 2.05) is 0 Å². The number of hydrogen-bond donors (Lipinski definition) is 3. The van der Waals surface area contributed by atoms with Gasteiger partial charge in [-0.1, -0.05) is 66.2 Å². The van der Waals surface area contributed by atoms with Gasteiger partial charge in [-0.15, -0.1) is 0 Å². The number of phenolic OH excluding ortho intramolecular Hbond substituents is 2. The maximum Gasteiger partial charge on any atom is 0.348 e. The summed E-state index contributed by atoms with van der Waals surface area (Å²) in [5, 5.41) is 21.4. The molecular weight excluding hydrogens is 494 g/mol. The van der Waals surface area contributed by atoms with Crippen molar-refractivity contribution in [3.8, 4) is 45.8 Å². The third kappa shape index (κ3) is 8.73. The van der Waals surface area contributed by atoms with Crippen LogP contribution in [-0.2, 0) is 0 Å². The standard InChI is InChI=1S/C31H43N3O5/c1-5-9-11-21(7-3)19-38-23-13-15-25(27(35)17-23)29-32-30(34-31(37)33-29)26-16-14-24(18-28(26)36)39-20-22(8-4)12-10-6-2/h13-18,21-22,35-36H,5-12,19-20H2,1-4H3,(H,32,33,34,37). The molecule has 1 aromatic heterocycles. The van der Waals surface area contributed by atoms with Gasteiger partial charge in [-0.05, 0) is 48.9 Å². The molecule has 0 radical (unpaired) electrons. The number of nitrogens with one attached hydrogen (secondary N) is 1. The highest BCUT2D eigenvalue weighted by molar-refractivity contribution is 5.69. The summed E-state index contributed by atoms with van der Waals surface area (Å²) in [7, 11) is 0. The summed E-state index contributed by atoms with van der Waals surface area (Å²) < 4.78 is 11.8. The molecule has 0 aliphatic rings. The van der Waals surface area contributed by atoms with Crippen molar-refractivity contribution in [3.63, 3.8) is 0 Å². The maximum atomic E-state index is 12.4. The van der Waals surface area contributed by atoms with Crippen molar-refractivity contribution in [1.29, 1.82) is 0 Å². The van der Waals surface area contributed by atoms with Crippen LogP contribution in [0.1, 0.15) is 79.1 Å². The number of benzene rings is 2. The van der Waals surface area contributed by atoms with Crippen LogP contribution in [0.4, 0.5) is 0 Å². The molecule has 0 aliphatic heterocycles. The fraction of sp³-hybridized carbons (Fsp3) is 0.516. The molecule has 0 amide bonds. The Morgan fingerprint density at radius 1 is 0.769 bits per heavy atom. The predicted octanol–water partition coefficient (Wildman–Crippen LogP) is 7.10. The monoisotopic (exact) mass is 537 g/mol. The van der Waals surface area contributed by atoms with E-state index in [-0.39, 0.29) is 23.1 Å². The van der Waals surface area contributed by atoms with Crippen LogP contribution in [0.3, 0.4) is 0 Å². The van der Waals surface area contributed by atoms with Crippen LogP contribution < -0.4 is 15.2 Å². The summed E-state index contributed by atoms with van der Waals surface area (Å²) in [6.07, 6.45) is 8.92. The van der Waals surface area contributed by atoms with Crippen molar-refractivity contribution < 1.29 is 19.7 Å². The Hall–Kier alpha value is -3.55. The summed E-state index contributed by atoms with van der Waals surface area (Å²) in [4.78, 5) is 23.3. The van der Waals surface area contributed by atoms with Gasteiger partial charge in [0, 0.05) is 12.1 Å². The molecule has 0 spiro atoms. The Morgan fingerprint density at radius 2 is 1.28 bits per heavy atom. The first-order chi connectivity index (χ1) is 18.9. The van der Waals surface area contributed by atoms with Crippen LogP contribution in [0.2, 0.25) is 0 Å². The van der Waals surface area contributed by atoms with E-state index in [2.05, 4.69) is 42.6 Å². The van der Waals surface area contributed by atoms with E-state index in [4.69, 9.17) is 9.47 Å². The topological polar surface area (TPSA) is 118 Å². The Balaban J connectivity index is 1.76. The Bertz CT molecular complexity index is 1150. The SMILES string of the molecule is CCCCC(CC)COc1ccc(-c2nc(-c3ccc(OCC(CC)CCCC)cc3O)[nH]c(=O)n2)c(O)c1. The molecule has 0 saturated carbocycles. The quantitative estimate of drug-likeness (QED) is 0.178. The molecule has 8 nitrogen and oxygen atoms in total. The van der Waals surface area contributed by atoms with Crippen molar-refractivity contribution in [2.45, 2.75) is 79.1 Å². The Morgan fingerprint density at radius 3 is 1.74 bits per heavy atom. The van der Waals surface area contributed by atoms with Crippen LogP contribution in [0, 0.1) is 11.8 Å². The second kappa shape index (κ2) is 15.1. The van der Waals surface area contributed by atoms with E-state index in [9.17, 15) is 15.0 Å². The number of aromatic hydroxyl groups is 2. The fourth-order valence-electron chi connectivity index (χ4n) is 4.45. The minimum Gasteiger partial charge on any atom is -0.507 e. The number of H-pyrrole nitrogens is 1. The fourth-order valence-corrected chi connectivity index (χ4v) is 4.45. The van der Waals surface area contributed by atoms with Crippen molar-refractivity contribution >= 4 is 0 Å². The molecule has 212 valence electrons. The highest BCUT2D eigenvalue weighted by Crippen LogP contribution is 2.34. The molecule has 3 aromatic rings. The summed E-state index contributed by atoms with van der Waals surface area (Å²) in [5.41, 5.74) is -0.0130. The molecule has 2 unspecified atom stereocenters. The van der Waals surface area contributed by atoms with Crippen LogP contribution in [-0.4, -0.2) is 38.4 Å². The Kier molecular flexibility index (Phi) is 11.6. The number of aromatic amines is 1. The average molecular weight is 538 g/mol. The van der Waals surface area contributed by atoms with Crippen molar-refractivity contribution in [3.05, 3.63) is 46.9 Å². The van der Waals surface area contributed by atoms with Crippen molar-refractivity contribution in [2.75, 3.05) is 13.2 Å². The largest absolute Gasteiger partial charge is 0.507 e. The van der Waals surface area contributed by atoms with E-state index in [1.54, 1.807) is 24.3 Å². The van der Waals surface area contributed by atoms with Gasteiger partial charge in [0.25, 0.3) is 0 Å². The van der Waals surface area contributed by atoms with E-state index in [0.29, 0.717) is 47.7 Å². The second-order valence-corrected chi connectivity index (χ2v) is 10.1. The number of hydrogen-bond acceptors (Lipinski definition) is 7. The van der Waals surface area contributed by atoms with E-state index in [0.717, 1.165) is 44.9 Å². The van der Waals surface area contributed by atoms with Crippen molar-refractivity contribution in [2.24, 2.45) is 11.8 Å². The van der Waals surface area contributed by atoms with Gasteiger partial charge in [-0.2, -0.15) is 4.98 Å². The van der Waals surface area contributed by atoms with Gasteiger partial charge in [-0.25, -0.2) is 9.78 Å². The van der Waals surface area contributed by atoms with Crippen molar-refractivity contribution in [1.82, 2.24) is 15.0 Å². The lowest BCUT2D eigenvalue weighted by Crippen LogP contribution is -2.14. The molecule has 39 heavy (non-hydrogen) atoms. The van der Waals surface area contributed by atoms with E-state index >= 15 is 0 Å². The molecule has 2 aromatic carbocycles. The van der Waals surface area contributed by atoms with Crippen LogP contribution in [0.5, 0.6) is 23.0 Å². The molecule has 0 bridgehead atoms. The van der Waals surface area contributed by atoms with Gasteiger partial charge in [0.15, 0.2) is 5.82 Å². The van der Waals surface area contributed by atoms with E-state index in [1.165, 1.54) is 18.6 Å². The van der Waals surface area contributed by atoms with Gasteiger partial charge in [0.05, 0.1) is 24.3 Å². The summed E-state index contributed by atoms with van der Waals surface area (Å²) in [6.45, 7) is 9.83. The first kappa shape index (κ1) is 30.0. The van der Waals surface area contributed by atoms with Crippen LogP contribution in [0.15, 0.2) is 41.2 Å². The third-order valence-corrected chi connectivity index (χ3v) is 7.14. The summed E-state index contributed by atoms with van der Waals surface area (Å²) in [5.74, 6) is 2.05. The van der Waals surface area contributed by atoms with Gasteiger partial charge >= 0.3 is 5.69 Å². The summed E-state index contributed by atoms with van der Waals surface area (Å²) in [6, 6.07) is 9.80. The molecule has 0 aliphatic carbocycles. The normalized spacial score (nSPS) is 12.7. The zero-order valence-electron chi connectivity index (χ0n) is 23.7. The number of ether oxygens (including phenoxy) is 2. The maximum absolute atomic E-state index is 12.4. The second-order valence-electron chi connectivity index (χ2n) is 10.1. The predicted molar refractivity (Wildman–Crippen MR) is 154 cm³/mol. The average Bonchev–Trinajstić information content (AvgIpc) is 2.93. The van der Waals surface area contributed by atoms with Gasteiger partial charge in [-0.3, -0.25) is 4.98 Å². The number of unbranched alkanes of at least 4 members (excludes halogenated alkanes) is 2. The molecule has 3 rings (SSSR count). The molecule has 0 fully saturated rings. The number of phenols is 2. The number of nitrogens with zero attached hydrogens (tertiary/aromatic N) is 2. The van der Waals surface area contributed by atoms with Crippen LogP contribution >= 0.6 is 0 Å². The van der Waals surface area contributed by atoms with Gasteiger partial charge < -0.3 is 19.7 Å². The molecule has 8 heteroatoms. The lowest BCUT2D eigenvalue weighted by molar-refractivity contribution is 0.232. The lowest BCUT2D eigenvalue weighted by Gasteiger charge is -2.16. The molecule has 0 saturated heterocycles. The zero-order chi connectivity index (χ0) is 28.2. The smallest absolute Gasteiger partial charge is 0.348 e. The minimum absolute atomic E-state index is 0.0496. The minimum atomic E-state index is -0.641. The molecule has 2 atom stereocenters. The number of aromatic nitrogens is 3. The molecular formula is C31H43N3O5. The molecule has 1 heterocycles. The third-order valence-electron chi connectivity index (χ3n) is 7.14. The number of rotatable bonds is 16. The van der Waals surface area contributed by atoms with E-state index < -0.39 is 5.69 Å². The lowest BCUT2D eigenvalue weighted by atomic mass is 10.0. The highest BCUT2D eigenvalue weighted by Gasteiger charge is 2.16. The molecule has 3 N–H and O–H groups in total. The first-order valence-electron chi connectivity index (χ1n) is 14.3. The van der Waals surface area contributed by atoms with Gasteiger partial charge in [0.1, 0.15) is 28.8 Å². The Labute approximate surface area is 231 Å². The highest BCUT2D eigenvalue weighted by atomic mass is 16.5.